The molecule has 2 nitrogen and oxygen atoms in total. The van der Waals surface area contributed by atoms with Gasteiger partial charge < -0.3 is 0 Å². The number of rotatable bonds is 3. The number of fused-ring (bicyclic) bond motifs is 5. The monoisotopic (exact) mass is 532 g/mol. The van der Waals surface area contributed by atoms with E-state index in [1.54, 1.807) is 0 Å². The summed E-state index contributed by atoms with van der Waals surface area (Å²) in [6.45, 7) is 0. The van der Waals surface area contributed by atoms with Gasteiger partial charge in [-0.25, -0.2) is 0 Å². The Morgan fingerprint density at radius 2 is 1.10 bits per heavy atom. The number of nitrogens with zero attached hydrogens (tertiary/aromatic N) is 2. The minimum atomic E-state index is 1.01. The zero-order chi connectivity index (χ0) is 27.6. The molecule has 0 bridgehead atoms. The molecule has 194 valence electrons. The molecule has 8 aromatic rings. The lowest BCUT2D eigenvalue weighted by molar-refractivity contribution is 1.36. The van der Waals surface area contributed by atoms with Crippen molar-refractivity contribution in [3.63, 3.8) is 0 Å². The number of pyridine rings is 2. The molecule has 1 aliphatic rings. The van der Waals surface area contributed by atoms with Gasteiger partial charge in [0.25, 0.3) is 0 Å². The highest BCUT2D eigenvalue weighted by Gasteiger charge is 2.22. The van der Waals surface area contributed by atoms with Gasteiger partial charge in [0.2, 0.25) is 0 Å². The van der Waals surface area contributed by atoms with Gasteiger partial charge in [-0.2, -0.15) is 0 Å². The van der Waals surface area contributed by atoms with Crippen LogP contribution in [0.5, 0.6) is 0 Å². The third-order valence-electron chi connectivity index (χ3n) is 8.70. The van der Waals surface area contributed by atoms with Crippen molar-refractivity contribution in [2.75, 3.05) is 0 Å². The quantitative estimate of drug-likeness (QED) is 0.226. The summed E-state index contributed by atoms with van der Waals surface area (Å²) in [5.74, 6) is 0. The molecule has 0 saturated heterocycles. The van der Waals surface area contributed by atoms with Gasteiger partial charge in [0, 0.05) is 29.4 Å². The van der Waals surface area contributed by atoms with Crippen LogP contribution in [0.4, 0.5) is 0 Å². The van der Waals surface area contributed by atoms with Gasteiger partial charge in [0.15, 0.2) is 0 Å². The summed E-state index contributed by atoms with van der Waals surface area (Å²) in [4.78, 5) is 8.85. The molecular weight excluding hydrogens is 508 g/mol. The van der Waals surface area contributed by atoms with Crippen molar-refractivity contribution >= 4 is 32.4 Å². The molecule has 0 radical (unpaired) electrons. The molecule has 0 N–H and O–H groups in total. The minimum absolute atomic E-state index is 1.01. The van der Waals surface area contributed by atoms with Gasteiger partial charge in [-0.3, -0.25) is 9.97 Å². The molecule has 2 aromatic heterocycles. The fourth-order valence-electron chi connectivity index (χ4n) is 6.69. The zero-order valence-corrected chi connectivity index (χ0v) is 22.8. The fourth-order valence-corrected chi connectivity index (χ4v) is 6.69. The minimum Gasteiger partial charge on any atom is -0.264 e. The summed E-state index contributed by atoms with van der Waals surface area (Å²) in [6.07, 6.45) is 5.64. The van der Waals surface area contributed by atoms with Crippen LogP contribution in [0, 0.1) is 0 Å². The Morgan fingerprint density at radius 3 is 1.95 bits per heavy atom. The zero-order valence-electron chi connectivity index (χ0n) is 22.8. The standard InChI is InChI=1S/C40H24N2/c1-2-7-35-34(6-1)37-9-3-8-36-33(13-14-38(35)40(36)37)32-22-30(25-10-11-29-24-41-18-16-27(29)19-25)21-31(23-32)26-12-15-39-28(20-26)5-4-17-42-39/h1-24H. The van der Waals surface area contributed by atoms with Crippen LogP contribution in [0.15, 0.2) is 146 Å². The van der Waals surface area contributed by atoms with Gasteiger partial charge in [-0.1, -0.05) is 78.9 Å². The van der Waals surface area contributed by atoms with Crippen molar-refractivity contribution in [2.24, 2.45) is 0 Å². The second-order valence-corrected chi connectivity index (χ2v) is 11.1. The Balaban J connectivity index is 1.30. The maximum absolute atomic E-state index is 4.54. The van der Waals surface area contributed by atoms with E-state index in [4.69, 9.17) is 0 Å². The average molecular weight is 533 g/mol. The van der Waals surface area contributed by atoms with E-state index in [0.29, 0.717) is 0 Å². The molecule has 0 amide bonds. The molecule has 1 aliphatic carbocycles. The van der Waals surface area contributed by atoms with Gasteiger partial charge in [0.1, 0.15) is 0 Å². The summed E-state index contributed by atoms with van der Waals surface area (Å²) in [5, 5.41) is 6.11. The highest BCUT2D eigenvalue weighted by Crippen LogP contribution is 2.49. The highest BCUT2D eigenvalue weighted by molar-refractivity contribution is 6.18. The van der Waals surface area contributed by atoms with Crippen LogP contribution in [0.3, 0.4) is 0 Å². The van der Waals surface area contributed by atoms with Crippen LogP contribution in [-0.4, -0.2) is 9.97 Å². The van der Waals surface area contributed by atoms with E-state index in [-0.39, 0.29) is 0 Å². The second kappa shape index (κ2) is 8.95. The van der Waals surface area contributed by atoms with Crippen molar-refractivity contribution in [3.8, 4) is 55.6 Å². The second-order valence-electron chi connectivity index (χ2n) is 11.1. The van der Waals surface area contributed by atoms with E-state index < -0.39 is 0 Å². The molecule has 9 rings (SSSR count). The lowest BCUT2D eigenvalue weighted by Gasteiger charge is -2.15. The van der Waals surface area contributed by atoms with Crippen LogP contribution in [-0.2, 0) is 0 Å². The van der Waals surface area contributed by atoms with Gasteiger partial charge in [-0.05, 0) is 120 Å². The normalized spacial score (nSPS) is 11.8. The maximum Gasteiger partial charge on any atom is 0.0702 e. The third-order valence-corrected chi connectivity index (χ3v) is 8.70. The number of aromatic nitrogens is 2. The van der Waals surface area contributed by atoms with Crippen LogP contribution in [0.25, 0.3) is 88.1 Å². The number of benzene rings is 6. The smallest absolute Gasteiger partial charge is 0.0702 e. The van der Waals surface area contributed by atoms with Crippen LogP contribution >= 0.6 is 0 Å². The van der Waals surface area contributed by atoms with Gasteiger partial charge in [-0.15, -0.1) is 0 Å². The molecule has 2 heteroatoms. The first-order valence-corrected chi connectivity index (χ1v) is 14.3. The van der Waals surface area contributed by atoms with Gasteiger partial charge in [0.05, 0.1) is 5.52 Å². The Hall–Kier alpha value is -5.60. The molecule has 0 spiro atoms. The van der Waals surface area contributed by atoms with E-state index >= 15 is 0 Å². The Bertz CT molecular complexity index is 2240. The van der Waals surface area contributed by atoms with E-state index in [0.717, 1.165) is 16.3 Å². The van der Waals surface area contributed by atoms with E-state index in [9.17, 15) is 0 Å². The van der Waals surface area contributed by atoms with Gasteiger partial charge >= 0.3 is 0 Å². The predicted octanol–water partition coefficient (Wildman–Crippen LogP) is 10.6. The van der Waals surface area contributed by atoms with E-state index in [2.05, 4.69) is 131 Å². The largest absolute Gasteiger partial charge is 0.264 e. The Labute approximate surface area is 243 Å². The number of hydrogen-bond acceptors (Lipinski definition) is 2. The Morgan fingerprint density at radius 1 is 0.381 bits per heavy atom. The summed E-state index contributed by atoms with van der Waals surface area (Å²) in [6, 6.07) is 46.6. The fraction of sp³-hybridized carbons (Fsp3) is 0. The lowest BCUT2D eigenvalue weighted by Crippen LogP contribution is -1.89. The first kappa shape index (κ1) is 23.1. The molecule has 0 aliphatic heterocycles. The molecule has 0 fully saturated rings. The Kier molecular flexibility index (Phi) is 4.93. The molecule has 0 atom stereocenters. The molecule has 2 heterocycles. The summed E-state index contributed by atoms with van der Waals surface area (Å²) < 4.78 is 0. The summed E-state index contributed by atoms with van der Waals surface area (Å²) >= 11 is 0. The SMILES string of the molecule is c1ccc2c(c1)-c1cccc3c(-c4cc(-c5ccc6cnccc6c5)cc(-c5ccc6ncccc6c5)c4)ccc-2c13. The van der Waals surface area contributed by atoms with E-state index in [1.807, 2.05) is 24.7 Å². The van der Waals surface area contributed by atoms with E-state index in [1.165, 1.54) is 71.8 Å². The highest BCUT2D eigenvalue weighted by atomic mass is 14.6. The topological polar surface area (TPSA) is 25.8 Å². The number of hydrogen-bond donors (Lipinski definition) is 0. The lowest BCUT2D eigenvalue weighted by atomic mass is 9.89. The van der Waals surface area contributed by atoms with Crippen LogP contribution in [0.2, 0.25) is 0 Å². The van der Waals surface area contributed by atoms with Crippen LogP contribution in [0.1, 0.15) is 0 Å². The molecular formula is C40H24N2. The first-order valence-electron chi connectivity index (χ1n) is 14.3. The molecule has 0 saturated carbocycles. The summed E-state index contributed by atoms with van der Waals surface area (Å²) in [5.41, 5.74) is 13.5. The van der Waals surface area contributed by atoms with Crippen molar-refractivity contribution in [1.29, 1.82) is 0 Å². The van der Waals surface area contributed by atoms with Crippen molar-refractivity contribution in [3.05, 3.63) is 146 Å². The predicted molar refractivity (Wildman–Crippen MR) is 175 cm³/mol. The van der Waals surface area contributed by atoms with Crippen molar-refractivity contribution in [2.45, 2.75) is 0 Å². The van der Waals surface area contributed by atoms with Crippen molar-refractivity contribution < 1.29 is 0 Å². The molecule has 6 aromatic carbocycles. The summed E-state index contributed by atoms with van der Waals surface area (Å²) in [7, 11) is 0. The molecule has 0 unspecified atom stereocenters. The van der Waals surface area contributed by atoms with Crippen molar-refractivity contribution in [1.82, 2.24) is 9.97 Å². The van der Waals surface area contributed by atoms with Crippen LogP contribution < -0.4 is 0 Å². The average Bonchev–Trinajstić information content (AvgIpc) is 3.39. The third kappa shape index (κ3) is 3.52. The first-order chi connectivity index (χ1) is 20.8. The maximum atomic E-state index is 4.54. The molecule has 42 heavy (non-hydrogen) atoms.